The number of aromatic nitrogens is 2. The van der Waals surface area contributed by atoms with Crippen LogP contribution in [-0.4, -0.2) is 9.55 Å². The predicted molar refractivity (Wildman–Crippen MR) is 63.7 cm³/mol. The van der Waals surface area contributed by atoms with Gasteiger partial charge in [-0.25, -0.2) is 4.79 Å². The van der Waals surface area contributed by atoms with Crippen molar-refractivity contribution in [3.63, 3.8) is 0 Å². The Labute approximate surface area is 93.7 Å². The maximum atomic E-state index is 11.6. The molecule has 0 amide bonds. The summed E-state index contributed by atoms with van der Waals surface area (Å²) < 4.78 is 1.63. The molecule has 0 radical (unpaired) electrons. The molecule has 3 N–H and O–H groups in total. The summed E-state index contributed by atoms with van der Waals surface area (Å²) in [5.74, 6) is 0. The molecule has 0 spiro atoms. The van der Waals surface area contributed by atoms with Gasteiger partial charge in [0.25, 0.3) is 0 Å². The number of nitrogens with one attached hydrogen (secondary N) is 1. The molecule has 16 heavy (non-hydrogen) atoms. The molecule has 2 aromatic rings. The van der Waals surface area contributed by atoms with Crippen molar-refractivity contribution in [1.82, 2.24) is 9.55 Å². The van der Waals surface area contributed by atoms with Crippen LogP contribution in [-0.2, 0) is 0 Å². The highest BCUT2D eigenvalue weighted by atomic mass is 16.1. The van der Waals surface area contributed by atoms with Gasteiger partial charge in [-0.15, -0.1) is 0 Å². The number of imidazole rings is 1. The Morgan fingerprint density at radius 1 is 1.44 bits per heavy atom. The van der Waals surface area contributed by atoms with Crippen LogP contribution < -0.4 is 11.4 Å². The van der Waals surface area contributed by atoms with Gasteiger partial charge in [0.2, 0.25) is 0 Å². The Hall–Kier alpha value is -1.81. The second kappa shape index (κ2) is 3.98. The molecule has 0 aliphatic rings. The fourth-order valence-corrected chi connectivity index (χ4v) is 1.72. The van der Waals surface area contributed by atoms with E-state index in [9.17, 15) is 4.79 Å². The predicted octanol–water partition coefficient (Wildman–Crippen LogP) is 1.49. The fourth-order valence-electron chi connectivity index (χ4n) is 1.72. The molecule has 0 saturated heterocycles. The van der Waals surface area contributed by atoms with Gasteiger partial charge in [0.05, 0.1) is 5.69 Å². The van der Waals surface area contributed by atoms with E-state index in [0.717, 1.165) is 16.9 Å². The first kappa shape index (κ1) is 10.7. The minimum atomic E-state index is -0.126. The Kier molecular flexibility index (Phi) is 2.66. The first-order chi connectivity index (χ1) is 7.59. The summed E-state index contributed by atoms with van der Waals surface area (Å²) >= 11 is 0. The van der Waals surface area contributed by atoms with Crippen molar-refractivity contribution in [3.8, 4) is 5.69 Å². The van der Waals surface area contributed by atoms with Gasteiger partial charge in [-0.3, -0.25) is 4.57 Å². The minimum absolute atomic E-state index is 0.0325. The van der Waals surface area contributed by atoms with Crippen molar-refractivity contribution in [3.05, 3.63) is 52.2 Å². The molecule has 0 aliphatic heterocycles. The summed E-state index contributed by atoms with van der Waals surface area (Å²) in [5.41, 5.74) is 8.44. The summed E-state index contributed by atoms with van der Waals surface area (Å²) in [6.45, 7) is 3.81. The highest BCUT2D eigenvalue weighted by molar-refractivity contribution is 5.38. The first-order valence-electron chi connectivity index (χ1n) is 5.22. The van der Waals surface area contributed by atoms with Crippen LogP contribution in [0.5, 0.6) is 0 Å². The standard InChI is InChI=1S/C12H15N3O/c1-8-7-14-12(16)15(8)11-5-3-4-10(6-11)9(2)13/h3-7,9H,13H2,1-2H3,(H,14,16). The molecule has 1 aromatic carbocycles. The monoisotopic (exact) mass is 217 g/mol. The van der Waals surface area contributed by atoms with E-state index >= 15 is 0 Å². The van der Waals surface area contributed by atoms with E-state index in [1.165, 1.54) is 0 Å². The number of H-pyrrole nitrogens is 1. The summed E-state index contributed by atoms with van der Waals surface area (Å²) in [4.78, 5) is 14.3. The lowest BCUT2D eigenvalue weighted by Crippen LogP contribution is -2.16. The summed E-state index contributed by atoms with van der Waals surface area (Å²) in [6, 6.07) is 7.67. The highest BCUT2D eigenvalue weighted by Crippen LogP contribution is 2.15. The fraction of sp³-hybridized carbons (Fsp3) is 0.250. The lowest BCUT2D eigenvalue weighted by Gasteiger charge is -2.09. The second-order valence-corrected chi connectivity index (χ2v) is 3.95. The van der Waals surface area contributed by atoms with Crippen LogP contribution in [0.15, 0.2) is 35.3 Å². The Morgan fingerprint density at radius 2 is 2.19 bits per heavy atom. The molecular formula is C12H15N3O. The maximum absolute atomic E-state index is 11.6. The molecule has 0 bridgehead atoms. The van der Waals surface area contributed by atoms with Crippen molar-refractivity contribution < 1.29 is 0 Å². The molecule has 4 nitrogen and oxygen atoms in total. The molecule has 4 heteroatoms. The normalized spacial score (nSPS) is 12.7. The van der Waals surface area contributed by atoms with E-state index in [-0.39, 0.29) is 11.7 Å². The van der Waals surface area contributed by atoms with Gasteiger partial charge in [-0.05, 0) is 31.5 Å². The molecule has 2 rings (SSSR count). The number of nitrogens with zero attached hydrogens (tertiary/aromatic N) is 1. The molecule has 1 atom stereocenters. The van der Waals surface area contributed by atoms with Crippen molar-refractivity contribution in [2.45, 2.75) is 19.9 Å². The highest BCUT2D eigenvalue weighted by Gasteiger charge is 2.06. The number of benzene rings is 1. The van der Waals surface area contributed by atoms with Gasteiger partial charge >= 0.3 is 5.69 Å². The lowest BCUT2D eigenvalue weighted by atomic mass is 10.1. The van der Waals surface area contributed by atoms with Crippen LogP contribution in [0, 0.1) is 6.92 Å². The number of nitrogens with two attached hydrogens (primary N) is 1. The quantitative estimate of drug-likeness (QED) is 0.800. The molecule has 84 valence electrons. The van der Waals surface area contributed by atoms with E-state index in [1.807, 2.05) is 38.1 Å². The molecule has 0 saturated carbocycles. The number of hydrogen-bond donors (Lipinski definition) is 2. The largest absolute Gasteiger partial charge is 0.330 e. The Morgan fingerprint density at radius 3 is 2.75 bits per heavy atom. The van der Waals surface area contributed by atoms with E-state index in [1.54, 1.807) is 10.8 Å². The van der Waals surface area contributed by atoms with Gasteiger partial charge < -0.3 is 10.7 Å². The van der Waals surface area contributed by atoms with Crippen LogP contribution in [0.1, 0.15) is 24.2 Å². The van der Waals surface area contributed by atoms with Gasteiger partial charge in [0.15, 0.2) is 0 Å². The third kappa shape index (κ3) is 1.79. The zero-order valence-electron chi connectivity index (χ0n) is 9.40. The first-order valence-corrected chi connectivity index (χ1v) is 5.22. The van der Waals surface area contributed by atoms with Gasteiger partial charge in [0.1, 0.15) is 0 Å². The topological polar surface area (TPSA) is 63.8 Å². The van der Waals surface area contributed by atoms with E-state index in [2.05, 4.69) is 4.98 Å². The lowest BCUT2D eigenvalue weighted by molar-refractivity contribution is 0.813. The van der Waals surface area contributed by atoms with Crippen LogP contribution >= 0.6 is 0 Å². The molecule has 1 unspecified atom stereocenters. The summed E-state index contributed by atoms with van der Waals surface area (Å²) in [6.07, 6.45) is 1.70. The van der Waals surface area contributed by atoms with Gasteiger partial charge in [-0.2, -0.15) is 0 Å². The number of hydrogen-bond acceptors (Lipinski definition) is 2. The molecular weight excluding hydrogens is 202 g/mol. The minimum Gasteiger partial charge on any atom is -0.324 e. The van der Waals surface area contributed by atoms with Crippen LogP contribution in [0.3, 0.4) is 0 Å². The van der Waals surface area contributed by atoms with Gasteiger partial charge in [-0.1, -0.05) is 12.1 Å². The number of rotatable bonds is 2. The SMILES string of the molecule is Cc1c[nH]c(=O)n1-c1cccc(C(C)N)c1. The molecule has 1 heterocycles. The van der Waals surface area contributed by atoms with Crippen LogP contribution in [0.2, 0.25) is 0 Å². The molecule has 0 fully saturated rings. The van der Waals surface area contributed by atoms with Crippen LogP contribution in [0.25, 0.3) is 5.69 Å². The zero-order valence-corrected chi connectivity index (χ0v) is 9.40. The molecule has 1 aromatic heterocycles. The van der Waals surface area contributed by atoms with Gasteiger partial charge in [0, 0.05) is 17.9 Å². The zero-order chi connectivity index (χ0) is 11.7. The van der Waals surface area contributed by atoms with E-state index in [0.29, 0.717) is 0 Å². The maximum Gasteiger partial charge on any atom is 0.330 e. The smallest absolute Gasteiger partial charge is 0.324 e. The average Bonchev–Trinajstić information content (AvgIpc) is 2.59. The number of aryl methyl sites for hydroxylation is 1. The average molecular weight is 217 g/mol. The Bertz CT molecular complexity index is 551. The third-order valence-electron chi connectivity index (χ3n) is 2.61. The van der Waals surface area contributed by atoms with E-state index < -0.39 is 0 Å². The van der Waals surface area contributed by atoms with Crippen LogP contribution in [0.4, 0.5) is 0 Å². The molecule has 0 aliphatic carbocycles. The number of aromatic amines is 1. The third-order valence-corrected chi connectivity index (χ3v) is 2.61. The van der Waals surface area contributed by atoms with Crippen molar-refractivity contribution in [2.24, 2.45) is 5.73 Å². The second-order valence-electron chi connectivity index (χ2n) is 3.95. The van der Waals surface area contributed by atoms with Crippen molar-refractivity contribution >= 4 is 0 Å². The van der Waals surface area contributed by atoms with Crippen molar-refractivity contribution in [2.75, 3.05) is 0 Å². The van der Waals surface area contributed by atoms with Crippen molar-refractivity contribution in [1.29, 1.82) is 0 Å². The van der Waals surface area contributed by atoms with E-state index in [4.69, 9.17) is 5.73 Å². The summed E-state index contributed by atoms with van der Waals surface area (Å²) in [5, 5.41) is 0. The summed E-state index contributed by atoms with van der Waals surface area (Å²) in [7, 11) is 0. The Balaban J connectivity index is 2.57.